The van der Waals surface area contributed by atoms with Crippen LogP contribution in [0.4, 0.5) is 0 Å². The average Bonchev–Trinajstić information content (AvgIpc) is 2.65. The molecule has 2 rings (SSSR count). The summed E-state index contributed by atoms with van der Waals surface area (Å²) >= 11 is 0. The number of carboxylic acid groups (broad SMARTS) is 3. The van der Waals surface area contributed by atoms with E-state index in [0.717, 1.165) is 25.0 Å². The largest absolute Gasteiger partial charge is 0.481 e. The molecule has 0 fully saturated rings. The Balaban J connectivity index is 0.000000442. The minimum atomic E-state index is -0.922. The highest BCUT2D eigenvalue weighted by Gasteiger charge is 1.89. The number of benzene rings is 2. The van der Waals surface area contributed by atoms with E-state index < -0.39 is 17.9 Å². The number of carboxylic acids is 3. The van der Waals surface area contributed by atoms with Gasteiger partial charge in [-0.1, -0.05) is 72.8 Å². The van der Waals surface area contributed by atoms with Gasteiger partial charge in [0.2, 0.25) is 0 Å². The van der Waals surface area contributed by atoms with Crippen molar-refractivity contribution in [3.8, 4) is 0 Å². The molecule has 0 spiro atoms. The van der Waals surface area contributed by atoms with Crippen LogP contribution < -0.4 is 0 Å². The van der Waals surface area contributed by atoms with E-state index in [1.54, 1.807) is 12.2 Å². The maximum Gasteiger partial charge on any atom is 0.328 e. The molecule has 0 atom stereocenters. The molecule has 0 aliphatic carbocycles. The van der Waals surface area contributed by atoms with Crippen molar-refractivity contribution in [2.24, 2.45) is 0 Å². The summed E-state index contributed by atoms with van der Waals surface area (Å²) in [7, 11) is 0. The maximum atomic E-state index is 10.2. The SMILES string of the molecule is CC(=O)O.O=C(O)C=Cc1ccccc1.O=C(O)CC=CCc1ccccc1. The molecule has 148 valence electrons. The van der Waals surface area contributed by atoms with Gasteiger partial charge in [-0.05, 0) is 23.6 Å². The van der Waals surface area contributed by atoms with E-state index >= 15 is 0 Å². The summed E-state index contributed by atoms with van der Waals surface area (Å²) in [5.74, 6) is -2.54. The first-order chi connectivity index (χ1) is 13.3. The Bertz CT molecular complexity index is 760. The zero-order valence-corrected chi connectivity index (χ0v) is 15.6. The Morgan fingerprint density at radius 1 is 0.821 bits per heavy atom. The molecule has 28 heavy (non-hydrogen) atoms. The summed E-state index contributed by atoms with van der Waals surface area (Å²) in [5.41, 5.74) is 2.10. The van der Waals surface area contributed by atoms with E-state index in [2.05, 4.69) is 0 Å². The monoisotopic (exact) mass is 384 g/mol. The highest BCUT2D eigenvalue weighted by Crippen LogP contribution is 2.01. The average molecular weight is 384 g/mol. The van der Waals surface area contributed by atoms with E-state index in [1.165, 1.54) is 5.56 Å². The van der Waals surface area contributed by atoms with E-state index in [0.29, 0.717) is 0 Å². The summed E-state index contributed by atoms with van der Waals surface area (Å²) in [5, 5.41) is 24.1. The van der Waals surface area contributed by atoms with Gasteiger partial charge >= 0.3 is 11.9 Å². The zero-order chi connectivity index (χ0) is 21.2. The van der Waals surface area contributed by atoms with Crippen molar-refractivity contribution < 1.29 is 29.7 Å². The quantitative estimate of drug-likeness (QED) is 0.510. The van der Waals surface area contributed by atoms with Crippen LogP contribution in [0.15, 0.2) is 78.9 Å². The highest BCUT2D eigenvalue weighted by molar-refractivity contribution is 5.85. The second-order valence-electron chi connectivity index (χ2n) is 5.36. The number of hydrogen-bond donors (Lipinski definition) is 3. The van der Waals surface area contributed by atoms with Crippen LogP contribution in [-0.4, -0.2) is 33.2 Å². The third kappa shape index (κ3) is 17.2. The van der Waals surface area contributed by atoms with Gasteiger partial charge in [0, 0.05) is 13.0 Å². The molecule has 6 heteroatoms. The van der Waals surface area contributed by atoms with Gasteiger partial charge in [-0.2, -0.15) is 0 Å². The van der Waals surface area contributed by atoms with Crippen LogP contribution in [0.2, 0.25) is 0 Å². The van der Waals surface area contributed by atoms with Gasteiger partial charge < -0.3 is 15.3 Å². The number of carbonyl (C=O) groups is 3. The van der Waals surface area contributed by atoms with Crippen molar-refractivity contribution in [3.63, 3.8) is 0 Å². The minimum absolute atomic E-state index is 0.104. The Labute approximate surface area is 164 Å². The smallest absolute Gasteiger partial charge is 0.328 e. The van der Waals surface area contributed by atoms with Crippen LogP contribution in [0.1, 0.15) is 24.5 Å². The van der Waals surface area contributed by atoms with Crippen LogP contribution in [0.3, 0.4) is 0 Å². The molecule has 0 bridgehead atoms. The lowest BCUT2D eigenvalue weighted by atomic mass is 10.1. The molecule has 0 saturated heterocycles. The minimum Gasteiger partial charge on any atom is -0.481 e. The lowest BCUT2D eigenvalue weighted by Crippen LogP contribution is -1.90. The lowest BCUT2D eigenvalue weighted by Gasteiger charge is -1.93. The van der Waals surface area contributed by atoms with Crippen molar-refractivity contribution in [1.29, 1.82) is 0 Å². The first kappa shape index (κ1) is 24.3. The van der Waals surface area contributed by atoms with Crippen LogP contribution >= 0.6 is 0 Å². The van der Waals surface area contributed by atoms with Crippen molar-refractivity contribution in [2.45, 2.75) is 19.8 Å². The van der Waals surface area contributed by atoms with E-state index in [-0.39, 0.29) is 6.42 Å². The fourth-order valence-electron chi connectivity index (χ4n) is 1.75. The van der Waals surface area contributed by atoms with Gasteiger partial charge in [0.05, 0.1) is 6.42 Å². The molecule has 0 radical (unpaired) electrons. The van der Waals surface area contributed by atoms with E-state index in [1.807, 2.05) is 66.7 Å². The van der Waals surface area contributed by atoms with Crippen LogP contribution in [-0.2, 0) is 20.8 Å². The van der Waals surface area contributed by atoms with Gasteiger partial charge in [-0.25, -0.2) is 4.79 Å². The fraction of sp³-hybridized carbons (Fsp3) is 0.136. The van der Waals surface area contributed by atoms with Gasteiger partial charge in [-0.3, -0.25) is 9.59 Å². The molecule has 2 aromatic carbocycles. The maximum absolute atomic E-state index is 10.2. The molecule has 2 aromatic rings. The van der Waals surface area contributed by atoms with Crippen molar-refractivity contribution in [1.82, 2.24) is 0 Å². The molecule has 0 saturated carbocycles. The summed E-state index contributed by atoms with van der Waals surface area (Å²) in [4.78, 5) is 29.2. The predicted molar refractivity (Wildman–Crippen MR) is 108 cm³/mol. The summed E-state index contributed by atoms with van der Waals surface area (Å²) in [6, 6.07) is 19.3. The number of rotatable bonds is 6. The van der Waals surface area contributed by atoms with Crippen molar-refractivity contribution in [2.75, 3.05) is 0 Å². The van der Waals surface area contributed by atoms with Gasteiger partial charge in [0.15, 0.2) is 0 Å². The molecule has 0 aromatic heterocycles. The van der Waals surface area contributed by atoms with Crippen LogP contribution in [0.25, 0.3) is 6.08 Å². The third-order valence-electron chi connectivity index (χ3n) is 2.87. The van der Waals surface area contributed by atoms with E-state index in [4.69, 9.17) is 20.1 Å². The normalized spacial score (nSPS) is 9.75. The topological polar surface area (TPSA) is 112 Å². The molecule has 6 nitrogen and oxygen atoms in total. The fourth-order valence-corrected chi connectivity index (χ4v) is 1.75. The molecule has 0 aliphatic heterocycles. The molecular weight excluding hydrogens is 360 g/mol. The third-order valence-corrected chi connectivity index (χ3v) is 2.87. The van der Waals surface area contributed by atoms with Gasteiger partial charge in [0.25, 0.3) is 5.97 Å². The Morgan fingerprint density at radius 3 is 1.79 bits per heavy atom. The zero-order valence-electron chi connectivity index (χ0n) is 15.6. The molecule has 0 unspecified atom stereocenters. The molecule has 0 heterocycles. The van der Waals surface area contributed by atoms with Crippen molar-refractivity contribution in [3.05, 3.63) is 90.0 Å². The number of hydrogen-bond acceptors (Lipinski definition) is 3. The number of aliphatic carboxylic acids is 3. The standard InChI is InChI=1S/C11H12O2.C9H8O2.C2H4O2/c12-11(13)9-5-4-8-10-6-2-1-3-7-10;10-9(11)7-6-8-4-2-1-3-5-8;1-2(3)4/h1-7H,8-9H2,(H,12,13);1-7H,(H,10,11);1H3,(H,3,4). The first-order valence-corrected chi connectivity index (χ1v) is 8.37. The molecular formula is C22H24O6. The highest BCUT2D eigenvalue weighted by atomic mass is 16.4. The Kier molecular flexibility index (Phi) is 13.5. The number of allylic oxidation sites excluding steroid dienone is 1. The summed E-state index contributed by atoms with van der Waals surface area (Å²) in [6.07, 6.45) is 7.14. The summed E-state index contributed by atoms with van der Waals surface area (Å²) < 4.78 is 0. The molecule has 0 aliphatic rings. The summed E-state index contributed by atoms with van der Waals surface area (Å²) in [6.45, 7) is 1.08. The lowest BCUT2D eigenvalue weighted by molar-refractivity contribution is -0.136. The van der Waals surface area contributed by atoms with Crippen molar-refractivity contribution >= 4 is 24.0 Å². The molecule has 3 N–H and O–H groups in total. The predicted octanol–water partition coefficient (Wildman–Crippen LogP) is 4.14. The van der Waals surface area contributed by atoms with Crippen LogP contribution in [0.5, 0.6) is 0 Å². The van der Waals surface area contributed by atoms with Crippen LogP contribution in [0, 0.1) is 0 Å². The second kappa shape index (κ2) is 15.6. The Morgan fingerprint density at radius 2 is 1.32 bits per heavy atom. The van der Waals surface area contributed by atoms with Gasteiger partial charge in [0.1, 0.15) is 0 Å². The van der Waals surface area contributed by atoms with Gasteiger partial charge in [-0.15, -0.1) is 0 Å². The van der Waals surface area contributed by atoms with E-state index in [9.17, 15) is 9.59 Å². The first-order valence-electron chi connectivity index (χ1n) is 8.37. The second-order valence-corrected chi connectivity index (χ2v) is 5.36. The Hall–Kier alpha value is -3.67. The molecule has 0 amide bonds.